The summed E-state index contributed by atoms with van der Waals surface area (Å²) >= 11 is 3.52. The lowest BCUT2D eigenvalue weighted by Crippen LogP contribution is -2.38. The van der Waals surface area contributed by atoms with Gasteiger partial charge in [-0.05, 0) is 23.0 Å². The van der Waals surface area contributed by atoms with Gasteiger partial charge in [-0.15, -0.1) is 0 Å². The average molecular weight is 355 g/mol. The van der Waals surface area contributed by atoms with E-state index in [0.29, 0.717) is 12.5 Å². The average Bonchev–Trinajstić information content (AvgIpc) is 2.69. The second-order valence-corrected chi connectivity index (χ2v) is 7.12. The monoisotopic (exact) mass is 354 g/mol. The van der Waals surface area contributed by atoms with Crippen LogP contribution in [0.15, 0.2) is 18.2 Å². The minimum absolute atomic E-state index is 0.0145. The van der Waals surface area contributed by atoms with Crippen molar-refractivity contribution in [3.8, 4) is 0 Å². The SMILES string of the molecule is CC(C)(C)C(CBr)CN1C(=O)Cc2cc([N+](=O)[O-])ccc21. The maximum Gasteiger partial charge on any atom is 0.269 e. The van der Waals surface area contributed by atoms with Gasteiger partial charge in [0.05, 0.1) is 11.3 Å². The Balaban J connectivity index is 2.28. The predicted octanol–water partition coefficient (Wildman–Crippen LogP) is 3.54. The van der Waals surface area contributed by atoms with Gasteiger partial charge in [0.15, 0.2) is 0 Å². The smallest absolute Gasteiger partial charge is 0.269 e. The van der Waals surface area contributed by atoms with E-state index in [4.69, 9.17) is 0 Å². The molecule has 1 aliphatic rings. The molecular weight excluding hydrogens is 336 g/mol. The van der Waals surface area contributed by atoms with Crippen molar-refractivity contribution >= 4 is 33.2 Å². The lowest BCUT2D eigenvalue weighted by atomic mass is 9.82. The van der Waals surface area contributed by atoms with Crippen LogP contribution in [0.25, 0.3) is 0 Å². The second-order valence-electron chi connectivity index (χ2n) is 6.47. The Labute approximate surface area is 132 Å². The maximum absolute atomic E-state index is 12.2. The first kappa shape index (κ1) is 15.9. The summed E-state index contributed by atoms with van der Waals surface area (Å²) in [5, 5.41) is 11.6. The number of nitro benzene ring substituents is 1. The van der Waals surface area contributed by atoms with E-state index in [-0.39, 0.29) is 23.4 Å². The quantitative estimate of drug-likeness (QED) is 0.471. The summed E-state index contributed by atoms with van der Waals surface area (Å²) in [7, 11) is 0. The van der Waals surface area contributed by atoms with Crippen LogP contribution in [0.3, 0.4) is 0 Å². The maximum atomic E-state index is 12.2. The largest absolute Gasteiger partial charge is 0.312 e. The van der Waals surface area contributed by atoms with E-state index in [2.05, 4.69) is 36.7 Å². The molecule has 1 amide bonds. The zero-order chi connectivity index (χ0) is 15.8. The van der Waals surface area contributed by atoms with Gasteiger partial charge in [-0.25, -0.2) is 0 Å². The van der Waals surface area contributed by atoms with E-state index in [1.807, 2.05) is 0 Å². The molecule has 1 aromatic rings. The van der Waals surface area contributed by atoms with Crippen LogP contribution in [0.1, 0.15) is 26.3 Å². The van der Waals surface area contributed by atoms with Gasteiger partial charge in [0, 0.05) is 29.7 Å². The van der Waals surface area contributed by atoms with Crippen molar-refractivity contribution in [2.75, 3.05) is 16.8 Å². The number of nitrogens with zero attached hydrogens (tertiary/aromatic N) is 2. The van der Waals surface area contributed by atoms with E-state index < -0.39 is 4.92 Å². The first-order valence-corrected chi connectivity index (χ1v) is 8.00. The summed E-state index contributed by atoms with van der Waals surface area (Å²) in [6, 6.07) is 4.66. The molecule has 1 heterocycles. The van der Waals surface area contributed by atoms with Gasteiger partial charge in [0.2, 0.25) is 5.91 Å². The van der Waals surface area contributed by atoms with Crippen LogP contribution < -0.4 is 4.90 Å². The van der Waals surface area contributed by atoms with E-state index in [0.717, 1.165) is 16.6 Å². The van der Waals surface area contributed by atoms with Crippen LogP contribution in [0.5, 0.6) is 0 Å². The van der Waals surface area contributed by atoms with Crippen LogP contribution in [-0.2, 0) is 11.2 Å². The number of anilines is 1. The van der Waals surface area contributed by atoms with E-state index in [9.17, 15) is 14.9 Å². The third-order valence-corrected chi connectivity index (χ3v) is 4.80. The molecule has 0 radical (unpaired) electrons. The van der Waals surface area contributed by atoms with E-state index >= 15 is 0 Å². The molecule has 0 saturated carbocycles. The highest BCUT2D eigenvalue weighted by Crippen LogP contribution is 2.35. The number of fused-ring (bicyclic) bond motifs is 1. The van der Waals surface area contributed by atoms with Gasteiger partial charge in [-0.3, -0.25) is 14.9 Å². The van der Waals surface area contributed by atoms with Crippen molar-refractivity contribution in [3.63, 3.8) is 0 Å². The molecule has 1 unspecified atom stereocenters. The zero-order valence-electron chi connectivity index (χ0n) is 12.4. The van der Waals surface area contributed by atoms with Gasteiger partial charge in [-0.2, -0.15) is 0 Å². The number of non-ortho nitro benzene ring substituents is 1. The topological polar surface area (TPSA) is 63.5 Å². The predicted molar refractivity (Wildman–Crippen MR) is 85.9 cm³/mol. The minimum Gasteiger partial charge on any atom is -0.312 e. The van der Waals surface area contributed by atoms with Gasteiger partial charge in [0.25, 0.3) is 5.69 Å². The Kier molecular flexibility index (Phi) is 4.37. The molecule has 0 bridgehead atoms. The standard InChI is InChI=1S/C15H19BrN2O3/c1-15(2,3)11(8-16)9-17-13-5-4-12(18(20)21)6-10(13)7-14(17)19/h4-6,11H,7-9H2,1-3H3. The zero-order valence-corrected chi connectivity index (χ0v) is 14.0. The first-order valence-electron chi connectivity index (χ1n) is 6.87. The number of rotatable bonds is 4. The lowest BCUT2D eigenvalue weighted by Gasteiger charge is -2.33. The number of benzene rings is 1. The molecule has 0 N–H and O–H groups in total. The number of nitro groups is 1. The van der Waals surface area contributed by atoms with Crippen LogP contribution in [-0.4, -0.2) is 22.7 Å². The van der Waals surface area contributed by atoms with E-state index in [1.54, 1.807) is 11.0 Å². The van der Waals surface area contributed by atoms with Crippen LogP contribution in [0.4, 0.5) is 11.4 Å². The fraction of sp³-hybridized carbons (Fsp3) is 0.533. The van der Waals surface area contributed by atoms with Gasteiger partial charge >= 0.3 is 0 Å². The first-order chi connectivity index (χ1) is 9.74. The summed E-state index contributed by atoms with van der Waals surface area (Å²) in [5.41, 5.74) is 1.67. The molecule has 21 heavy (non-hydrogen) atoms. The summed E-state index contributed by atoms with van der Waals surface area (Å²) in [6.07, 6.45) is 0.246. The van der Waals surface area contributed by atoms with E-state index in [1.165, 1.54) is 12.1 Å². The Morgan fingerprint density at radius 2 is 2.10 bits per heavy atom. The van der Waals surface area contributed by atoms with Gasteiger partial charge < -0.3 is 4.90 Å². The number of amides is 1. The summed E-state index contributed by atoms with van der Waals surface area (Å²) < 4.78 is 0. The highest BCUT2D eigenvalue weighted by molar-refractivity contribution is 9.09. The molecule has 0 spiro atoms. The Morgan fingerprint density at radius 3 is 2.62 bits per heavy atom. The number of hydrogen-bond donors (Lipinski definition) is 0. The summed E-state index contributed by atoms with van der Waals surface area (Å²) in [4.78, 5) is 24.4. The molecule has 6 heteroatoms. The molecule has 1 aromatic carbocycles. The van der Waals surface area contributed by atoms with Crippen molar-refractivity contribution in [3.05, 3.63) is 33.9 Å². The van der Waals surface area contributed by atoms with Crippen LogP contribution >= 0.6 is 15.9 Å². The molecule has 114 valence electrons. The van der Waals surface area contributed by atoms with Crippen molar-refractivity contribution < 1.29 is 9.72 Å². The molecule has 2 rings (SSSR count). The highest BCUT2D eigenvalue weighted by Gasteiger charge is 2.33. The lowest BCUT2D eigenvalue weighted by molar-refractivity contribution is -0.384. The molecule has 0 fully saturated rings. The Hall–Kier alpha value is -1.43. The van der Waals surface area contributed by atoms with Crippen molar-refractivity contribution in [2.24, 2.45) is 11.3 Å². The second kappa shape index (κ2) is 5.75. The number of carbonyl (C=O) groups excluding carboxylic acids is 1. The Morgan fingerprint density at radius 1 is 1.43 bits per heavy atom. The molecular formula is C15H19BrN2O3. The third kappa shape index (κ3) is 3.26. The highest BCUT2D eigenvalue weighted by atomic mass is 79.9. The number of carbonyl (C=O) groups is 1. The third-order valence-electron chi connectivity index (χ3n) is 4.02. The summed E-state index contributed by atoms with van der Waals surface area (Å²) in [6.45, 7) is 7.07. The van der Waals surface area contributed by atoms with Crippen molar-refractivity contribution in [1.29, 1.82) is 0 Å². The number of hydrogen-bond acceptors (Lipinski definition) is 3. The fourth-order valence-electron chi connectivity index (χ4n) is 2.46. The minimum atomic E-state index is -0.427. The molecule has 0 saturated heterocycles. The van der Waals surface area contributed by atoms with Crippen LogP contribution in [0, 0.1) is 21.4 Å². The van der Waals surface area contributed by atoms with Crippen LogP contribution in [0.2, 0.25) is 0 Å². The molecule has 5 nitrogen and oxygen atoms in total. The number of alkyl halides is 1. The molecule has 0 aliphatic carbocycles. The number of halogens is 1. The molecule has 0 aromatic heterocycles. The normalized spacial score (nSPS) is 16.0. The van der Waals surface area contributed by atoms with Crippen molar-refractivity contribution in [2.45, 2.75) is 27.2 Å². The Bertz CT molecular complexity index is 581. The van der Waals surface area contributed by atoms with Gasteiger partial charge in [0.1, 0.15) is 0 Å². The molecule has 1 atom stereocenters. The van der Waals surface area contributed by atoms with Crippen molar-refractivity contribution in [1.82, 2.24) is 0 Å². The molecule has 1 aliphatic heterocycles. The summed E-state index contributed by atoms with van der Waals surface area (Å²) in [5.74, 6) is 0.322. The van der Waals surface area contributed by atoms with Gasteiger partial charge in [-0.1, -0.05) is 36.7 Å². The fourth-order valence-corrected chi connectivity index (χ4v) is 3.63.